The first kappa shape index (κ1) is 25.8. The van der Waals surface area contributed by atoms with E-state index in [4.69, 9.17) is 0 Å². The highest BCUT2D eigenvalue weighted by Crippen LogP contribution is 2.30. The second kappa shape index (κ2) is 11.0. The van der Waals surface area contributed by atoms with Gasteiger partial charge in [0.2, 0.25) is 0 Å². The molecule has 0 radical (unpaired) electrons. The van der Waals surface area contributed by atoms with Crippen molar-refractivity contribution in [1.82, 2.24) is 19.4 Å². The first-order valence-corrected chi connectivity index (χ1v) is 13.9. The van der Waals surface area contributed by atoms with Crippen molar-refractivity contribution < 1.29 is 9.18 Å². The lowest BCUT2D eigenvalue weighted by Gasteiger charge is -2.34. The minimum absolute atomic E-state index is 0.161. The monoisotopic (exact) mass is 554 g/mol. The van der Waals surface area contributed by atoms with Crippen LogP contribution in [-0.2, 0) is 4.79 Å². The number of halogens is 1. The second-order valence-electron chi connectivity index (χ2n) is 9.76. The molecule has 1 fully saturated rings. The Morgan fingerprint density at radius 2 is 1.73 bits per heavy atom. The Kier molecular flexibility index (Phi) is 7.10. The van der Waals surface area contributed by atoms with Crippen molar-refractivity contribution >= 4 is 39.0 Å². The molecule has 202 valence electrons. The van der Waals surface area contributed by atoms with Gasteiger partial charge in [-0.25, -0.2) is 14.4 Å². The van der Waals surface area contributed by atoms with Gasteiger partial charge in [0.1, 0.15) is 17.2 Å². The topological polar surface area (TPSA) is 83.4 Å². The number of carbonyl (C=O) groups is 1. The van der Waals surface area contributed by atoms with E-state index < -0.39 is 23.3 Å². The predicted octanol–water partition coefficient (Wildman–Crippen LogP) is 4.64. The number of hydrogen-bond acceptors (Lipinski definition) is 7. The van der Waals surface area contributed by atoms with E-state index in [1.807, 2.05) is 30.3 Å². The van der Waals surface area contributed by atoms with Gasteiger partial charge in [-0.1, -0.05) is 42.5 Å². The van der Waals surface area contributed by atoms with Gasteiger partial charge in [-0.3, -0.25) is 19.5 Å². The zero-order valence-corrected chi connectivity index (χ0v) is 22.6. The molecule has 10 heteroatoms. The van der Waals surface area contributed by atoms with Crippen molar-refractivity contribution in [3.8, 4) is 11.1 Å². The average Bonchev–Trinajstić information content (AvgIpc) is 3.49. The molecule has 1 N–H and O–H groups in total. The molecule has 0 bridgehead atoms. The van der Waals surface area contributed by atoms with Crippen molar-refractivity contribution in [2.24, 2.45) is 0 Å². The SMILES string of the molecule is CN1CCN(c2ccc(-c3ccc4ncn(C(C(=O)Nc5nccs5)c5ccccc5)c(=O)c4c3F)cc2)CC1. The number of hydrogen-bond donors (Lipinski definition) is 1. The maximum atomic E-state index is 16.1. The second-order valence-corrected chi connectivity index (χ2v) is 10.6. The lowest BCUT2D eigenvalue weighted by molar-refractivity contribution is -0.118. The highest BCUT2D eigenvalue weighted by molar-refractivity contribution is 7.13. The van der Waals surface area contributed by atoms with Gasteiger partial charge in [-0.2, -0.15) is 0 Å². The van der Waals surface area contributed by atoms with E-state index in [-0.39, 0.29) is 10.9 Å². The Labute approximate surface area is 234 Å². The van der Waals surface area contributed by atoms with Crippen molar-refractivity contribution in [3.63, 3.8) is 0 Å². The van der Waals surface area contributed by atoms with E-state index in [1.165, 1.54) is 22.2 Å². The van der Waals surface area contributed by atoms with Gasteiger partial charge < -0.3 is 9.80 Å². The number of likely N-dealkylation sites (N-methyl/N-ethyl adjacent to an activating group) is 1. The van der Waals surface area contributed by atoms with Crippen molar-refractivity contribution in [2.45, 2.75) is 6.04 Å². The van der Waals surface area contributed by atoms with Gasteiger partial charge in [0.15, 0.2) is 5.13 Å². The minimum Gasteiger partial charge on any atom is -0.369 e. The number of piperazine rings is 1. The van der Waals surface area contributed by atoms with Gasteiger partial charge in [0.05, 0.1) is 11.8 Å². The summed E-state index contributed by atoms with van der Waals surface area (Å²) in [6, 6.07) is 18.8. The van der Waals surface area contributed by atoms with Crippen LogP contribution >= 0.6 is 11.3 Å². The first-order chi connectivity index (χ1) is 19.5. The van der Waals surface area contributed by atoms with Crippen molar-refractivity contribution in [3.05, 3.63) is 106 Å². The molecule has 0 saturated carbocycles. The molecule has 3 aromatic carbocycles. The third-order valence-corrected chi connectivity index (χ3v) is 7.93. The van der Waals surface area contributed by atoms with Crippen LogP contribution in [0.5, 0.6) is 0 Å². The van der Waals surface area contributed by atoms with E-state index in [9.17, 15) is 9.59 Å². The molecule has 1 saturated heterocycles. The smallest absolute Gasteiger partial charge is 0.265 e. The third-order valence-electron chi connectivity index (χ3n) is 7.24. The normalized spacial score (nSPS) is 14.8. The summed E-state index contributed by atoms with van der Waals surface area (Å²) in [5.41, 5.74) is 2.20. The van der Waals surface area contributed by atoms with Gasteiger partial charge >= 0.3 is 0 Å². The van der Waals surface area contributed by atoms with E-state index >= 15 is 4.39 Å². The maximum absolute atomic E-state index is 16.1. The van der Waals surface area contributed by atoms with Crippen LogP contribution in [-0.4, -0.2) is 58.6 Å². The van der Waals surface area contributed by atoms with Gasteiger partial charge in [0.25, 0.3) is 11.5 Å². The number of nitrogens with zero attached hydrogens (tertiary/aromatic N) is 5. The lowest BCUT2D eigenvalue weighted by Crippen LogP contribution is -2.44. The zero-order chi connectivity index (χ0) is 27.6. The first-order valence-electron chi connectivity index (χ1n) is 13.0. The van der Waals surface area contributed by atoms with E-state index in [0.717, 1.165) is 31.9 Å². The Morgan fingerprint density at radius 3 is 2.42 bits per heavy atom. The van der Waals surface area contributed by atoms with Crippen LogP contribution in [0.3, 0.4) is 0 Å². The van der Waals surface area contributed by atoms with E-state index in [1.54, 1.807) is 48.0 Å². The number of benzene rings is 3. The molecule has 6 rings (SSSR count). The molecule has 2 aromatic heterocycles. The fourth-order valence-electron chi connectivity index (χ4n) is 5.04. The van der Waals surface area contributed by atoms with Crippen LogP contribution in [0.2, 0.25) is 0 Å². The summed E-state index contributed by atoms with van der Waals surface area (Å²) in [6.07, 6.45) is 2.88. The molecular formula is C30H27FN6O2S. The maximum Gasteiger partial charge on any atom is 0.265 e. The average molecular weight is 555 g/mol. The molecule has 1 unspecified atom stereocenters. The number of fused-ring (bicyclic) bond motifs is 1. The number of carbonyl (C=O) groups excluding carboxylic acids is 1. The standard InChI is InChI=1S/C30H27FN6O2S/c1-35-14-16-36(17-15-35)22-9-7-20(8-10-22)23-11-12-24-25(26(23)31)29(39)37(19-33-24)27(21-5-3-2-4-6-21)28(38)34-30-32-13-18-40-30/h2-13,18-19,27H,14-17H2,1H3,(H,32,34,38). The molecule has 0 aliphatic carbocycles. The molecule has 1 aliphatic heterocycles. The lowest BCUT2D eigenvalue weighted by atomic mass is 10.0. The number of thiazole rings is 1. The van der Waals surface area contributed by atoms with Crippen LogP contribution in [0.25, 0.3) is 22.0 Å². The minimum atomic E-state index is -1.07. The summed E-state index contributed by atoms with van der Waals surface area (Å²) in [4.78, 5) is 40.3. The van der Waals surface area contributed by atoms with Crippen molar-refractivity contribution in [1.29, 1.82) is 0 Å². The largest absolute Gasteiger partial charge is 0.369 e. The van der Waals surface area contributed by atoms with Gasteiger partial charge in [-0.05, 0) is 42.4 Å². The number of aromatic nitrogens is 3. The van der Waals surface area contributed by atoms with Crippen LogP contribution in [0.4, 0.5) is 15.2 Å². The molecular weight excluding hydrogens is 527 g/mol. The van der Waals surface area contributed by atoms with Crippen LogP contribution in [0.15, 0.2) is 89.4 Å². The number of anilines is 2. The molecule has 5 aromatic rings. The Morgan fingerprint density at radius 1 is 0.975 bits per heavy atom. The number of nitrogens with one attached hydrogen (secondary N) is 1. The molecule has 3 heterocycles. The van der Waals surface area contributed by atoms with Gasteiger partial charge in [-0.15, -0.1) is 11.3 Å². The molecule has 1 amide bonds. The summed E-state index contributed by atoms with van der Waals surface area (Å²) in [7, 11) is 2.11. The van der Waals surface area contributed by atoms with Crippen molar-refractivity contribution in [2.75, 3.05) is 43.4 Å². The summed E-state index contributed by atoms with van der Waals surface area (Å²) in [5, 5.41) is 4.75. The van der Waals surface area contributed by atoms with E-state index in [2.05, 4.69) is 32.1 Å². The predicted molar refractivity (Wildman–Crippen MR) is 156 cm³/mol. The fraction of sp³-hybridized carbons (Fsp3) is 0.200. The number of amides is 1. The molecule has 8 nitrogen and oxygen atoms in total. The highest BCUT2D eigenvalue weighted by Gasteiger charge is 2.27. The number of rotatable bonds is 6. The fourth-order valence-corrected chi connectivity index (χ4v) is 5.57. The summed E-state index contributed by atoms with van der Waals surface area (Å²) >= 11 is 1.27. The Hall–Kier alpha value is -4.41. The summed E-state index contributed by atoms with van der Waals surface area (Å²) < 4.78 is 17.3. The molecule has 0 spiro atoms. The summed E-state index contributed by atoms with van der Waals surface area (Å²) in [6.45, 7) is 3.85. The Bertz CT molecular complexity index is 1700. The van der Waals surface area contributed by atoms with E-state index in [0.29, 0.717) is 21.8 Å². The quantitative estimate of drug-likeness (QED) is 0.329. The van der Waals surface area contributed by atoms with Crippen LogP contribution < -0.4 is 15.8 Å². The molecule has 1 atom stereocenters. The van der Waals surface area contributed by atoms with Gasteiger partial charge in [0, 0.05) is 49.0 Å². The zero-order valence-electron chi connectivity index (χ0n) is 21.8. The summed E-state index contributed by atoms with van der Waals surface area (Å²) in [5.74, 6) is -1.13. The molecule has 40 heavy (non-hydrogen) atoms. The molecule has 1 aliphatic rings. The highest BCUT2D eigenvalue weighted by atomic mass is 32.1. The third kappa shape index (κ3) is 4.99. The van der Waals surface area contributed by atoms with Crippen LogP contribution in [0.1, 0.15) is 11.6 Å². The van der Waals surface area contributed by atoms with Crippen LogP contribution in [0, 0.1) is 5.82 Å². The Balaban J connectivity index is 1.39.